The Bertz CT molecular complexity index is 1440. The highest BCUT2D eigenvalue weighted by Crippen LogP contribution is 2.19. The van der Waals surface area contributed by atoms with E-state index < -0.39 is 5.91 Å². The summed E-state index contributed by atoms with van der Waals surface area (Å²) < 4.78 is 0. The van der Waals surface area contributed by atoms with Crippen molar-refractivity contribution in [2.75, 3.05) is 26.2 Å². The number of nitrogens with two attached hydrogens (primary N) is 1. The van der Waals surface area contributed by atoms with Crippen LogP contribution in [0.25, 0.3) is 17.0 Å². The molecule has 0 fully saturated rings. The molecule has 0 atom stereocenters. The Balaban J connectivity index is 0.000000317. The lowest BCUT2D eigenvalue weighted by atomic mass is 10.1. The van der Waals surface area contributed by atoms with Crippen LogP contribution in [0.3, 0.4) is 0 Å². The Kier molecular flexibility index (Phi) is 14.4. The number of H-pyrrole nitrogens is 1. The summed E-state index contributed by atoms with van der Waals surface area (Å²) in [7, 11) is 0. The lowest BCUT2D eigenvalue weighted by Gasteiger charge is -2.22. The number of benzene rings is 2. The first-order valence-corrected chi connectivity index (χ1v) is 15.9. The minimum atomic E-state index is -0.431. The quantitative estimate of drug-likeness (QED) is 0.132. The first-order chi connectivity index (χ1) is 21.3. The maximum Gasteiger partial charge on any atom is 0.250 e. The van der Waals surface area contributed by atoms with Gasteiger partial charge in [0.15, 0.2) is 0 Å². The average Bonchev–Trinajstić information content (AvgIpc) is 3.70. The molecule has 0 bridgehead atoms. The van der Waals surface area contributed by atoms with Gasteiger partial charge in [-0.1, -0.05) is 80.1 Å². The van der Waals surface area contributed by atoms with Gasteiger partial charge in [0.25, 0.3) is 0 Å². The molecule has 2 aromatic carbocycles. The predicted molar refractivity (Wildman–Crippen MR) is 185 cm³/mol. The summed E-state index contributed by atoms with van der Waals surface area (Å²) in [6, 6.07) is 16.8. The number of hydrogen-bond acceptors (Lipinski definition) is 3. The van der Waals surface area contributed by atoms with Gasteiger partial charge in [0, 0.05) is 54.9 Å². The second kappa shape index (κ2) is 18.5. The van der Waals surface area contributed by atoms with Gasteiger partial charge >= 0.3 is 0 Å². The molecule has 6 heteroatoms. The van der Waals surface area contributed by atoms with E-state index >= 15 is 0 Å². The largest absolute Gasteiger partial charge is 0.366 e. The van der Waals surface area contributed by atoms with Crippen LogP contribution in [-0.4, -0.2) is 52.8 Å². The Labute approximate surface area is 264 Å². The van der Waals surface area contributed by atoms with Crippen LogP contribution in [0.15, 0.2) is 96.8 Å². The highest BCUT2D eigenvalue weighted by molar-refractivity contribution is 5.94. The molecule has 0 radical (unpaired) electrons. The standard InChI is InChI=1S/C26H31N3O.C12H19NO/c1-20(2)6-5-16-29(17-15-23-18-28-25-8-4-3-7-24(23)25)19-22-11-9-21(10-12-22)13-14-26(27)30;1-3-9-13(10-4-2)12(14)11-7-5-6-8-11/h3-4,7-14,18,28H,1,5-6,15-17,19H2,2H3,(H2,27,30);5-7H,3-4,8-10H2,1-2H3/b14-13+;. The second-order valence-corrected chi connectivity index (χ2v) is 11.5. The third-order valence-corrected chi connectivity index (χ3v) is 7.60. The molecule has 4 rings (SSSR count). The first-order valence-electron chi connectivity index (χ1n) is 15.9. The van der Waals surface area contributed by atoms with Gasteiger partial charge in [0.2, 0.25) is 11.8 Å². The van der Waals surface area contributed by atoms with Crippen molar-refractivity contribution in [3.05, 3.63) is 113 Å². The lowest BCUT2D eigenvalue weighted by molar-refractivity contribution is -0.127. The van der Waals surface area contributed by atoms with Crippen molar-refractivity contribution in [2.24, 2.45) is 5.73 Å². The van der Waals surface area contributed by atoms with Gasteiger partial charge in [-0.3, -0.25) is 14.5 Å². The third kappa shape index (κ3) is 11.5. The van der Waals surface area contributed by atoms with Gasteiger partial charge in [0.1, 0.15) is 0 Å². The van der Waals surface area contributed by atoms with E-state index in [-0.39, 0.29) is 5.91 Å². The van der Waals surface area contributed by atoms with E-state index in [9.17, 15) is 9.59 Å². The number of para-hydroxylation sites is 1. The molecule has 44 heavy (non-hydrogen) atoms. The predicted octanol–water partition coefficient (Wildman–Crippen LogP) is 7.59. The smallest absolute Gasteiger partial charge is 0.250 e. The number of aromatic amines is 1. The number of hydrogen-bond donors (Lipinski definition) is 2. The number of fused-ring (bicyclic) bond motifs is 1. The summed E-state index contributed by atoms with van der Waals surface area (Å²) in [5.74, 6) is -0.209. The Morgan fingerprint density at radius 1 is 1.00 bits per heavy atom. The van der Waals surface area contributed by atoms with Crippen LogP contribution in [0.1, 0.15) is 69.6 Å². The molecule has 1 aliphatic rings. The van der Waals surface area contributed by atoms with Crippen LogP contribution in [0.5, 0.6) is 0 Å². The summed E-state index contributed by atoms with van der Waals surface area (Å²) in [4.78, 5) is 30.7. The van der Waals surface area contributed by atoms with Crippen molar-refractivity contribution >= 4 is 28.8 Å². The van der Waals surface area contributed by atoms with E-state index in [1.807, 2.05) is 35.3 Å². The minimum Gasteiger partial charge on any atom is -0.366 e. The highest BCUT2D eigenvalue weighted by atomic mass is 16.2. The molecular formula is C38H50N4O2. The molecule has 234 valence electrons. The number of nitrogens with zero attached hydrogens (tertiary/aromatic N) is 2. The summed E-state index contributed by atoms with van der Waals surface area (Å²) in [6.45, 7) is 15.0. The monoisotopic (exact) mass is 594 g/mol. The zero-order chi connectivity index (χ0) is 31.7. The number of nitrogens with one attached hydrogen (secondary N) is 1. The van der Waals surface area contributed by atoms with Crippen LogP contribution in [0.4, 0.5) is 0 Å². The van der Waals surface area contributed by atoms with Crippen LogP contribution in [0, 0.1) is 0 Å². The first kappa shape index (κ1) is 34.3. The van der Waals surface area contributed by atoms with Crippen LogP contribution in [-0.2, 0) is 22.6 Å². The zero-order valence-corrected chi connectivity index (χ0v) is 26.9. The van der Waals surface area contributed by atoms with Crippen LogP contribution >= 0.6 is 0 Å². The molecule has 2 amide bonds. The zero-order valence-electron chi connectivity index (χ0n) is 26.9. The Morgan fingerprint density at radius 3 is 2.36 bits per heavy atom. The number of aromatic nitrogens is 1. The summed E-state index contributed by atoms with van der Waals surface area (Å²) in [5.41, 5.74) is 12.1. The molecule has 0 saturated heterocycles. The van der Waals surface area contributed by atoms with Crippen molar-refractivity contribution in [1.29, 1.82) is 0 Å². The van der Waals surface area contributed by atoms with Gasteiger partial charge in [-0.15, -0.1) is 6.58 Å². The number of carbonyl (C=O) groups excluding carboxylic acids is 2. The molecule has 0 aliphatic heterocycles. The minimum absolute atomic E-state index is 0.221. The number of amides is 2. The average molecular weight is 595 g/mol. The summed E-state index contributed by atoms with van der Waals surface area (Å²) in [5, 5.41) is 1.31. The van der Waals surface area contributed by atoms with E-state index in [0.717, 1.165) is 82.4 Å². The van der Waals surface area contributed by atoms with Crippen molar-refractivity contribution in [2.45, 2.75) is 65.8 Å². The molecule has 6 nitrogen and oxygen atoms in total. The number of rotatable bonds is 16. The third-order valence-electron chi connectivity index (χ3n) is 7.60. The molecule has 1 heterocycles. The van der Waals surface area contributed by atoms with E-state index in [0.29, 0.717) is 0 Å². The number of primary amides is 1. The second-order valence-electron chi connectivity index (χ2n) is 11.5. The molecule has 0 unspecified atom stereocenters. The van der Waals surface area contributed by atoms with Gasteiger partial charge in [-0.05, 0) is 80.8 Å². The van der Waals surface area contributed by atoms with E-state index in [2.05, 4.69) is 79.8 Å². The Morgan fingerprint density at radius 2 is 1.73 bits per heavy atom. The molecule has 1 aromatic heterocycles. The number of allylic oxidation sites excluding steroid dienone is 4. The molecule has 3 aromatic rings. The fourth-order valence-corrected chi connectivity index (χ4v) is 5.33. The van der Waals surface area contributed by atoms with E-state index in [1.165, 1.54) is 33.7 Å². The van der Waals surface area contributed by atoms with E-state index in [4.69, 9.17) is 5.73 Å². The summed E-state index contributed by atoms with van der Waals surface area (Å²) in [6.07, 6.45) is 17.2. The molecule has 0 saturated carbocycles. The van der Waals surface area contributed by atoms with Crippen molar-refractivity contribution in [3.63, 3.8) is 0 Å². The summed E-state index contributed by atoms with van der Waals surface area (Å²) >= 11 is 0. The maximum absolute atomic E-state index is 11.9. The normalized spacial score (nSPS) is 12.4. The molecular weight excluding hydrogens is 544 g/mol. The molecule has 1 aliphatic carbocycles. The van der Waals surface area contributed by atoms with Crippen molar-refractivity contribution in [1.82, 2.24) is 14.8 Å². The van der Waals surface area contributed by atoms with E-state index in [1.54, 1.807) is 6.08 Å². The maximum atomic E-state index is 11.9. The molecule has 0 spiro atoms. The fourth-order valence-electron chi connectivity index (χ4n) is 5.33. The van der Waals surface area contributed by atoms with Gasteiger partial charge < -0.3 is 15.6 Å². The van der Waals surface area contributed by atoms with Crippen LogP contribution < -0.4 is 5.73 Å². The van der Waals surface area contributed by atoms with Crippen molar-refractivity contribution < 1.29 is 9.59 Å². The molecule has 3 N–H and O–H groups in total. The fraction of sp³-hybridized carbons (Fsp3) is 0.368. The highest BCUT2D eigenvalue weighted by Gasteiger charge is 2.16. The van der Waals surface area contributed by atoms with Gasteiger partial charge in [-0.2, -0.15) is 0 Å². The number of carbonyl (C=O) groups is 2. The Hall–Kier alpha value is -4.16. The topological polar surface area (TPSA) is 82.4 Å². The lowest BCUT2D eigenvalue weighted by Crippen LogP contribution is -2.33. The van der Waals surface area contributed by atoms with Gasteiger partial charge in [-0.25, -0.2) is 0 Å². The van der Waals surface area contributed by atoms with Gasteiger partial charge in [0.05, 0.1) is 0 Å². The van der Waals surface area contributed by atoms with Crippen LogP contribution in [0.2, 0.25) is 0 Å². The van der Waals surface area contributed by atoms with Crippen molar-refractivity contribution in [3.8, 4) is 0 Å². The SMILES string of the molecule is C=C(C)CCCN(CCc1c[nH]c2ccccc12)Cc1ccc(/C=C/C(N)=O)cc1.CCCN(CCC)C(=O)C1=CC=CC1.